The van der Waals surface area contributed by atoms with Gasteiger partial charge in [0.05, 0.1) is 10.9 Å². The van der Waals surface area contributed by atoms with E-state index in [4.69, 9.17) is 0 Å². The van der Waals surface area contributed by atoms with E-state index >= 15 is 0 Å². The third-order valence-corrected chi connectivity index (χ3v) is 4.40. The fraction of sp³-hybridized carbons (Fsp3) is 0.118. The predicted molar refractivity (Wildman–Crippen MR) is 100.0 cm³/mol. The minimum Gasteiger partial charge on any atom is -0.326 e. The molecule has 0 radical (unpaired) electrons. The molecule has 1 amide bonds. The standard InChI is InChI=1S/C17H14N6O2S/c1-10(24)19-11-3-5-12(6-4-11)22-8-7-14-13(15(22)25)9-18-16-20-17(26-2)21-23(14)16/h3-9H,1-2H3,(H,19,24). The molecule has 0 aliphatic carbocycles. The van der Waals surface area contributed by atoms with Gasteiger partial charge in [0.2, 0.25) is 11.1 Å². The number of thioether (sulfide) groups is 1. The molecule has 4 rings (SSSR count). The second-order valence-electron chi connectivity index (χ2n) is 5.59. The van der Waals surface area contributed by atoms with E-state index in [9.17, 15) is 9.59 Å². The number of amides is 1. The molecule has 0 bridgehead atoms. The van der Waals surface area contributed by atoms with E-state index in [1.807, 2.05) is 12.3 Å². The van der Waals surface area contributed by atoms with Crippen LogP contribution in [0, 0.1) is 0 Å². The zero-order valence-electron chi connectivity index (χ0n) is 14.0. The number of carbonyl (C=O) groups is 1. The average Bonchev–Trinajstić information content (AvgIpc) is 3.06. The van der Waals surface area contributed by atoms with Crippen molar-refractivity contribution in [3.63, 3.8) is 0 Å². The Kier molecular flexibility index (Phi) is 3.92. The molecule has 1 aromatic carbocycles. The Morgan fingerprint density at radius 3 is 2.65 bits per heavy atom. The van der Waals surface area contributed by atoms with Gasteiger partial charge >= 0.3 is 0 Å². The lowest BCUT2D eigenvalue weighted by atomic mass is 10.2. The van der Waals surface area contributed by atoms with Crippen LogP contribution in [0.5, 0.6) is 0 Å². The highest BCUT2D eigenvalue weighted by atomic mass is 32.2. The topological polar surface area (TPSA) is 94.2 Å². The van der Waals surface area contributed by atoms with E-state index in [1.165, 1.54) is 29.4 Å². The van der Waals surface area contributed by atoms with Gasteiger partial charge in [-0.2, -0.15) is 9.50 Å². The van der Waals surface area contributed by atoms with Crippen LogP contribution in [0.3, 0.4) is 0 Å². The minimum atomic E-state index is -0.203. The number of fused-ring (bicyclic) bond motifs is 3. The summed E-state index contributed by atoms with van der Waals surface area (Å²) < 4.78 is 3.10. The lowest BCUT2D eigenvalue weighted by Crippen LogP contribution is -2.19. The summed E-state index contributed by atoms with van der Waals surface area (Å²) in [5.41, 5.74) is 1.81. The predicted octanol–water partition coefficient (Wildman–Crippen LogP) is 2.11. The molecule has 9 heteroatoms. The lowest BCUT2D eigenvalue weighted by molar-refractivity contribution is -0.114. The summed E-state index contributed by atoms with van der Waals surface area (Å²) in [4.78, 5) is 32.5. The SMILES string of the molecule is CSc1nc2ncc3c(=O)n(-c4ccc(NC(C)=O)cc4)ccc3n2n1. The van der Waals surface area contributed by atoms with Gasteiger partial charge in [-0.1, -0.05) is 11.8 Å². The van der Waals surface area contributed by atoms with Gasteiger partial charge in [-0.25, -0.2) is 4.98 Å². The molecule has 130 valence electrons. The molecule has 0 saturated heterocycles. The number of nitrogens with zero attached hydrogens (tertiary/aromatic N) is 5. The van der Waals surface area contributed by atoms with E-state index in [2.05, 4.69) is 20.4 Å². The van der Waals surface area contributed by atoms with E-state index in [1.54, 1.807) is 35.0 Å². The van der Waals surface area contributed by atoms with Crippen LogP contribution in [0.2, 0.25) is 0 Å². The van der Waals surface area contributed by atoms with Gasteiger partial charge in [0.1, 0.15) is 0 Å². The van der Waals surface area contributed by atoms with E-state index in [-0.39, 0.29) is 11.5 Å². The van der Waals surface area contributed by atoms with Crippen LogP contribution < -0.4 is 10.9 Å². The summed E-state index contributed by atoms with van der Waals surface area (Å²) in [7, 11) is 0. The molecule has 0 aliphatic rings. The average molecular weight is 366 g/mol. The Balaban J connectivity index is 1.84. The zero-order valence-corrected chi connectivity index (χ0v) is 14.8. The maximum absolute atomic E-state index is 12.9. The Morgan fingerprint density at radius 1 is 1.19 bits per heavy atom. The molecule has 0 fully saturated rings. The molecule has 0 spiro atoms. The third-order valence-electron chi connectivity index (χ3n) is 3.86. The van der Waals surface area contributed by atoms with E-state index < -0.39 is 0 Å². The van der Waals surface area contributed by atoms with Crippen LogP contribution in [0.1, 0.15) is 6.92 Å². The summed E-state index contributed by atoms with van der Waals surface area (Å²) >= 11 is 1.42. The normalized spacial score (nSPS) is 11.2. The summed E-state index contributed by atoms with van der Waals surface area (Å²) in [6.07, 6.45) is 5.10. The summed E-state index contributed by atoms with van der Waals surface area (Å²) in [5.74, 6) is 0.312. The Bertz CT molecular complexity index is 1200. The van der Waals surface area contributed by atoms with Crippen molar-refractivity contribution in [2.24, 2.45) is 0 Å². The monoisotopic (exact) mass is 366 g/mol. The first-order chi connectivity index (χ1) is 12.6. The smallest absolute Gasteiger partial charge is 0.266 e. The number of benzene rings is 1. The van der Waals surface area contributed by atoms with Gasteiger partial charge < -0.3 is 5.32 Å². The lowest BCUT2D eigenvalue weighted by Gasteiger charge is -2.09. The maximum Gasteiger partial charge on any atom is 0.266 e. The number of rotatable bonds is 3. The fourth-order valence-electron chi connectivity index (χ4n) is 2.70. The number of hydrogen-bond donors (Lipinski definition) is 1. The number of hydrogen-bond acceptors (Lipinski definition) is 6. The Labute approximate surface area is 151 Å². The van der Waals surface area contributed by atoms with E-state index in [0.717, 1.165) is 0 Å². The largest absolute Gasteiger partial charge is 0.326 e. The molecule has 3 heterocycles. The highest BCUT2D eigenvalue weighted by molar-refractivity contribution is 7.98. The van der Waals surface area contributed by atoms with Gasteiger partial charge in [0, 0.05) is 30.7 Å². The van der Waals surface area contributed by atoms with Crippen molar-refractivity contribution in [1.29, 1.82) is 0 Å². The van der Waals surface area contributed by atoms with Gasteiger partial charge in [-0.3, -0.25) is 14.2 Å². The van der Waals surface area contributed by atoms with Crippen LogP contribution in [-0.2, 0) is 4.79 Å². The minimum absolute atomic E-state index is 0.145. The van der Waals surface area contributed by atoms with Crippen molar-refractivity contribution >= 4 is 40.0 Å². The first kappa shape index (κ1) is 16.3. The van der Waals surface area contributed by atoms with Crippen LogP contribution in [0.25, 0.3) is 22.4 Å². The maximum atomic E-state index is 12.9. The van der Waals surface area contributed by atoms with Gasteiger partial charge in [0.15, 0.2) is 0 Å². The molecule has 0 aliphatic heterocycles. The van der Waals surface area contributed by atoms with Crippen LogP contribution in [0.4, 0.5) is 5.69 Å². The van der Waals surface area contributed by atoms with Crippen LogP contribution in [0.15, 0.2) is 52.7 Å². The van der Waals surface area contributed by atoms with Gasteiger partial charge in [-0.05, 0) is 36.6 Å². The summed E-state index contributed by atoms with van der Waals surface area (Å²) in [6, 6.07) is 8.84. The number of pyridine rings is 1. The van der Waals surface area contributed by atoms with Crippen LogP contribution >= 0.6 is 11.8 Å². The first-order valence-electron chi connectivity index (χ1n) is 7.76. The van der Waals surface area contributed by atoms with Crippen molar-refractivity contribution in [3.05, 3.63) is 53.1 Å². The van der Waals surface area contributed by atoms with Crippen molar-refractivity contribution in [2.75, 3.05) is 11.6 Å². The van der Waals surface area contributed by atoms with Crippen molar-refractivity contribution < 1.29 is 4.79 Å². The van der Waals surface area contributed by atoms with E-state index in [0.29, 0.717) is 33.2 Å². The zero-order chi connectivity index (χ0) is 18.3. The Morgan fingerprint density at radius 2 is 1.96 bits per heavy atom. The van der Waals surface area contributed by atoms with Crippen LogP contribution in [-0.4, -0.2) is 36.3 Å². The van der Waals surface area contributed by atoms with Gasteiger partial charge in [-0.15, -0.1) is 5.10 Å². The molecule has 26 heavy (non-hydrogen) atoms. The third kappa shape index (κ3) is 2.72. The summed E-state index contributed by atoms with van der Waals surface area (Å²) in [5, 5.41) is 8.11. The fourth-order valence-corrected chi connectivity index (χ4v) is 3.04. The highest BCUT2D eigenvalue weighted by Gasteiger charge is 2.11. The number of carbonyl (C=O) groups excluding carboxylic acids is 1. The van der Waals surface area contributed by atoms with Gasteiger partial charge in [0.25, 0.3) is 11.3 Å². The number of anilines is 1. The summed E-state index contributed by atoms with van der Waals surface area (Å²) in [6.45, 7) is 1.45. The van der Waals surface area contributed by atoms with Crippen molar-refractivity contribution in [1.82, 2.24) is 24.1 Å². The molecule has 0 saturated carbocycles. The first-order valence-corrected chi connectivity index (χ1v) is 8.98. The Hall–Kier alpha value is -3.20. The van der Waals surface area contributed by atoms with Crippen molar-refractivity contribution in [3.8, 4) is 5.69 Å². The molecule has 0 unspecified atom stereocenters. The molecular formula is C17H14N6O2S. The second kappa shape index (κ2) is 6.26. The highest BCUT2D eigenvalue weighted by Crippen LogP contribution is 2.17. The number of aromatic nitrogens is 5. The molecule has 0 atom stereocenters. The molecule has 3 aromatic heterocycles. The molecule has 1 N–H and O–H groups in total. The molecule has 4 aromatic rings. The molecule has 8 nitrogen and oxygen atoms in total. The second-order valence-corrected chi connectivity index (χ2v) is 6.36. The van der Waals surface area contributed by atoms with Crippen molar-refractivity contribution in [2.45, 2.75) is 12.1 Å². The number of nitrogens with one attached hydrogen (secondary N) is 1. The molecular weight excluding hydrogens is 352 g/mol. The quantitative estimate of drug-likeness (QED) is 0.558.